The Hall–Kier alpha value is -2.59. The summed E-state index contributed by atoms with van der Waals surface area (Å²) in [7, 11) is 1.59. The lowest BCUT2D eigenvalue weighted by molar-refractivity contribution is -0.116. The van der Waals surface area contributed by atoms with Crippen LogP contribution in [0.4, 0.5) is 10.1 Å². The maximum absolute atomic E-state index is 14.0. The molecule has 0 saturated carbocycles. The molecule has 10 heteroatoms. The van der Waals surface area contributed by atoms with Crippen molar-refractivity contribution >= 4 is 39.3 Å². The molecule has 1 aliphatic heterocycles. The molecule has 150 valence electrons. The van der Waals surface area contributed by atoms with Gasteiger partial charge in [0.25, 0.3) is 0 Å². The Bertz CT molecular complexity index is 1080. The van der Waals surface area contributed by atoms with E-state index < -0.39 is 17.1 Å². The summed E-state index contributed by atoms with van der Waals surface area (Å²) in [6, 6.07) is 11.3. The van der Waals surface area contributed by atoms with E-state index in [2.05, 4.69) is 36.9 Å². The van der Waals surface area contributed by atoms with Crippen LogP contribution in [-0.2, 0) is 4.79 Å². The van der Waals surface area contributed by atoms with Crippen LogP contribution in [-0.4, -0.2) is 33.1 Å². The molecule has 3 aromatic rings. The number of aromatic nitrogens is 3. The van der Waals surface area contributed by atoms with Crippen molar-refractivity contribution in [3.63, 3.8) is 0 Å². The first-order chi connectivity index (χ1) is 14.0. The summed E-state index contributed by atoms with van der Waals surface area (Å²) in [4.78, 5) is 13.1. The number of carbonyl (C=O) groups excluding carboxylic acids is 1. The van der Waals surface area contributed by atoms with Gasteiger partial charge in [0.1, 0.15) is 22.6 Å². The minimum Gasteiger partial charge on any atom is -0.496 e. The number of ether oxygens (including phenoxy) is 1. The van der Waals surface area contributed by atoms with E-state index in [-0.39, 0.29) is 11.6 Å². The fourth-order valence-corrected chi connectivity index (χ4v) is 4.74. The number of fused-ring (bicyclic) bond motifs is 1. The number of halogens is 2. The Morgan fingerprint density at radius 2 is 2.10 bits per heavy atom. The standard InChI is InChI=1S/C19H17BrFN5O2S/c1-10-23-24-19-26(10)25-16(11-7-8-15(28-2)12(20)9-11)17(29-19)18(27)22-14-6-4-3-5-13(14)21/h3-9,16-17,25H,1-2H3,(H,22,27)/t16-,17-/m0/s1. The number of anilines is 1. The second kappa shape index (κ2) is 8.03. The number of hydrogen-bond donors (Lipinski definition) is 2. The molecule has 0 saturated heterocycles. The molecule has 0 bridgehead atoms. The molecule has 2 N–H and O–H groups in total. The highest BCUT2D eigenvalue weighted by atomic mass is 79.9. The average Bonchev–Trinajstić information content (AvgIpc) is 3.08. The van der Waals surface area contributed by atoms with Crippen LogP contribution >= 0.6 is 27.7 Å². The Balaban J connectivity index is 1.70. The van der Waals surface area contributed by atoms with Gasteiger partial charge in [-0.05, 0) is 52.7 Å². The first kappa shape index (κ1) is 19.7. The lowest BCUT2D eigenvalue weighted by atomic mass is 10.0. The molecule has 2 atom stereocenters. The lowest BCUT2D eigenvalue weighted by Gasteiger charge is -2.33. The Labute approximate surface area is 179 Å². The zero-order valence-electron chi connectivity index (χ0n) is 15.5. The number of benzene rings is 2. The summed E-state index contributed by atoms with van der Waals surface area (Å²) >= 11 is 4.77. The average molecular weight is 478 g/mol. The third-order valence-corrected chi connectivity index (χ3v) is 6.36. The highest BCUT2D eigenvalue weighted by Gasteiger charge is 2.37. The molecule has 1 aromatic heterocycles. The van der Waals surface area contributed by atoms with Gasteiger partial charge in [0.15, 0.2) is 0 Å². The van der Waals surface area contributed by atoms with Crippen molar-refractivity contribution in [2.24, 2.45) is 0 Å². The fourth-order valence-electron chi connectivity index (χ4n) is 3.05. The molecule has 0 spiro atoms. The van der Waals surface area contributed by atoms with E-state index >= 15 is 0 Å². The molecular weight excluding hydrogens is 461 g/mol. The van der Waals surface area contributed by atoms with Crippen LogP contribution in [0.25, 0.3) is 0 Å². The molecule has 1 aliphatic rings. The largest absolute Gasteiger partial charge is 0.496 e. The van der Waals surface area contributed by atoms with E-state index in [9.17, 15) is 9.18 Å². The predicted molar refractivity (Wildman–Crippen MR) is 112 cm³/mol. The van der Waals surface area contributed by atoms with Gasteiger partial charge in [-0.2, -0.15) is 0 Å². The molecule has 0 fully saturated rings. The van der Waals surface area contributed by atoms with Crippen LogP contribution in [0.3, 0.4) is 0 Å². The number of hydrogen-bond acceptors (Lipinski definition) is 6. The van der Waals surface area contributed by atoms with Gasteiger partial charge in [-0.3, -0.25) is 4.79 Å². The van der Waals surface area contributed by atoms with Crippen molar-refractivity contribution < 1.29 is 13.9 Å². The van der Waals surface area contributed by atoms with Crippen LogP contribution in [0.2, 0.25) is 0 Å². The van der Waals surface area contributed by atoms with Crippen LogP contribution in [0.5, 0.6) is 5.75 Å². The summed E-state index contributed by atoms with van der Waals surface area (Å²) in [6.07, 6.45) is 0. The first-order valence-electron chi connectivity index (χ1n) is 8.72. The summed E-state index contributed by atoms with van der Waals surface area (Å²) in [5.41, 5.74) is 4.31. The van der Waals surface area contributed by atoms with Gasteiger partial charge in [-0.25, -0.2) is 9.07 Å². The Morgan fingerprint density at radius 1 is 1.31 bits per heavy atom. The third kappa shape index (κ3) is 3.82. The minimum absolute atomic E-state index is 0.135. The maximum atomic E-state index is 14.0. The summed E-state index contributed by atoms with van der Waals surface area (Å²) in [6.45, 7) is 1.82. The quantitative estimate of drug-likeness (QED) is 0.593. The molecule has 29 heavy (non-hydrogen) atoms. The monoisotopic (exact) mass is 477 g/mol. The van der Waals surface area contributed by atoms with Gasteiger partial charge in [0.2, 0.25) is 11.1 Å². The van der Waals surface area contributed by atoms with E-state index in [1.165, 1.54) is 23.9 Å². The zero-order valence-corrected chi connectivity index (χ0v) is 17.9. The number of amides is 1. The van der Waals surface area contributed by atoms with Crippen LogP contribution in [0.15, 0.2) is 52.1 Å². The van der Waals surface area contributed by atoms with Crippen molar-refractivity contribution in [1.29, 1.82) is 0 Å². The lowest BCUT2D eigenvalue weighted by Crippen LogP contribution is -2.41. The number of nitrogens with one attached hydrogen (secondary N) is 2. The van der Waals surface area contributed by atoms with E-state index in [1.807, 2.05) is 25.1 Å². The molecule has 2 heterocycles. The molecule has 1 amide bonds. The third-order valence-electron chi connectivity index (χ3n) is 4.52. The number of para-hydroxylation sites is 1. The Kier molecular flexibility index (Phi) is 5.46. The second-order valence-electron chi connectivity index (χ2n) is 6.37. The first-order valence-corrected chi connectivity index (χ1v) is 10.4. The van der Waals surface area contributed by atoms with E-state index in [1.54, 1.807) is 23.9 Å². The van der Waals surface area contributed by atoms with Gasteiger partial charge in [0, 0.05) is 0 Å². The summed E-state index contributed by atoms with van der Waals surface area (Å²) < 4.78 is 21.8. The predicted octanol–water partition coefficient (Wildman–Crippen LogP) is 3.89. The highest BCUT2D eigenvalue weighted by Crippen LogP contribution is 2.39. The molecular formula is C19H17BrFN5O2S. The van der Waals surface area contributed by atoms with Crippen molar-refractivity contribution in [2.75, 3.05) is 17.9 Å². The van der Waals surface area contributed by atoms with E-state index in [0.717, 1.165) is 10.0 Å². The van der Waals surface area contributed by atoms with Crippen LogP contribution < -0.4 is 15.5 Å². The molecule has 2 aromatic carbocycles. The SMILES string of the molecule is COc1ccc([C@@H]2Nn3c(C)nnc3S[C@@H]2C(=O)Nc2ccccc2F)cc1Br. The van der Waals surface area contributed by atoms with Crippen molar-refractivity contribution in [2.45, 2.75) is 23.4 Å². The number of rotatable bonds is 4. The van der Waals surface area contributed by atoms with E-state index in [0.29, 0.717) is 16.7 Å². The molecule has 0 unspecified atom stereocenters. The number of thioether (sulfide) groups is 1. The summed E-state index contributed by atoms with van der Waals surface area (Å²) in [5.74, 6) is 0.539. The van der Waals surface area contributed by atoms with Crippen molar-refractivity contribution in [3.8, 4) is 5.75 Å². The number of aryl methyl sites for hydroxylation is 1. The van der Waals surface area contributed by atoms with Crippen LogP contribution in [0, 0.1) is 12.7 Å². The zero-order chi connectivity index (χ0) is 20.5. The molecule has 7 nitrogen and oxygen atoms in total. The van der Waals surface area contributed by atoms with Gasteiger partial charge in [-0.15, -0.1) is 10.2 Å². The topological polar surface area (TPSA) is 81.1 Å². The van der Waals surface area contributed by atoms with Gasteiger partial charge in [-0.1, -0.05) is 30.0 Å². The van der Waals surface area contributed by atoms with Gasteiger partial charge in [0.05, 0.1) is 23.3 Å². The normalized spacial score (nSPS) is 17.9. The smallest absolute Gasteiger partial charge is 0.240 e. The highest BCUT2D eigenvalue weighted by molar-refractivity contribution is 9.10. The van der Waals surface area contributed by atoms with Gasteiger partial charge >= 0.3 is 0 Å². The number of nitrogens with zero attached hydrogens (tertiary/aromatic N) is 3. The Morgan fingerprint density at radius 3 is 2.83 bits per heavy atom. The minimum atomic E-state index is -0.606. The van der Waals surface area contributed by atoms with Crippen molar-refractivity contribution in [3.05, 3.63) is 64.1 Å². The van der Waals surface area contributed by atoms with Crippen molar-refractivity contribution in [1.82, 2.24) is 14.9 Å². The number of carbonyl (C=O) groups is 1. The van der Waals surface area contributed by atoms with E-state index in [4.69, 9.17) is 4.74 Å². The summed E-state index contributed by atoms with van der Waals surface area (Å²) in [5, 5.41) is 10.8. The second-order valence-corrected chi connectivity index (χ2v) is 8.34. The molecule has 0 aliphatic carbocycles. The van der Waals surface area contributed by atoms with Crippen LogP contribution in [0.1, 0.15) is 17.4 Å². The molecule has 4 rings (SSSR count). The maximum Gasteiger partial charge on any atom is 0.240 e. The van der Waals surface area contributed by atoms with Gasteiger partial charge < -0.3 is 15.5 Å². The number of methoxy groups -OCH3 is 1. The molecule has 0 radical (unpaired) electrons. The fraction of sp³-hybridized carbons (Fsp3) is 0.211.